The van der Waals surface area contributed by atoms with Crippen LogP contribution in [0.4, 0.5) is 10.5 Å². The van der Waals surface area contributed by atoms with Gasteiger partial charge in [0.15, 0.2) is 0 Å². The van der Waals surface area contributed by atoms with Crippen LogP contribution in [0.1, 0.15) is 18.2 Å². The molecule has 1 aliphatic heterocycles. The molecule has 1 aromatic heterocycles. The SMILES string of the molecule is CCOc1ccc(N2C[C@H](CNC(=O)NCc3cccs3)CC2=O)cc1. The molecule has 2 aromatic rings. The monoisotopic (exact) mass is 373 g/mol. The Morgan fingerprint density at radius 2 is 2.08 bits per heavy atom. The molecule has 1 saturated heterocycles. The Balaban J connectivity index is 1.45. The van der Waals surface area contributed by atoms with E-state index in [2.05, 4.69) is 10.6 Å². The fraction of sp³-hybridized carbons (Fsp3) is 0.368. The maximum Gasteiger partial charge on any atom is 0.315 e. The van der Waals surface area contributed by atoms with Crippen LogP contribution in [0.25, 0.3) is 0 Å². The molecule has 26 heavy (non-hydrogen) atoms. The summed E-state index contributed by atoms with van der Waals surface area (Å²) in [6.45, 7) is 4.16. The first-order chi connectivity index (χ1) is 12.7. The second-order valence-corrected chi connectivity index (χ2v) is 7.18. The van der Waals surface area contributed by atoms with E-state index in [9.17, 15) is 9.59 Å². The van der Waals surface area contributed by atoms with Crippen molar-refractivity contribution in [2.45, 2.75) is 19.9 Å². The quantitative estimate of drug-likeness (QED) is 0.784. The van der Waals surface area contributed by atoms with E-state index in [0.717, 1.165) is 16.3 Å². The lowest BCUT2D eigenvalue weighted by Gasteiger charge is -2.17. The highest BCUT2D eigenvalue weighted by Gasteiger charge is 2.30. The number of hydrogen-bond acceptors (Lipinski definition) is 4. The molecule has 138 valence electrons. The van der Waals surface area contributed by atoms with Crippen molar-refractivity contribution in [2.75, 3.05) is 24.6 Å². The van der Waals surface area contributed by atoms with Gasteiger partial charge in [0.1, 0.15) is 5.75 Å². The van der Waals surface area contributed by atoms with Crippen LogP contribution in [-0.4, -0.2) is 31.6 Å². The highest BCUT2D eigenvalue weighted by atomic mass is 32.1. The van der Waals surface area contributed by atoms with E-state index in [0.29, 0.717) is 32.7 Å². The Labute approximate surface area is 157 Å². The van der Waals surface area contributed by atoms with Gasteiger partial charge < -0.3 is 20.3 Å². The van der Waals surface area contributed by atoms with Crippen LogP contribution in [0.2, 0.25) is 0 Å². The molecule has 3 amide bonds. The first-order valence-corrected chi connectivity index (χ1v) is 9.61. The Hall–Kier alpha value is -2.54. The summed E-state index contributed by atoms with van der Waals surface area (Å²) in [4.78, 5) is 27.1. The van der Waals surface area contributed by atoms with Gasteiger partial charge in [-0.25, -0.2) is 4.79 Å². The zero-order chi connectivity index (χ0) is 18.4. The van der Waals surface area contributed by atoms with E-state index in [-0.39, 0.29) is 17.9 Å². The van der Waals surface area contributed by atoms with Crippen LogP contribution in [0.3, 0.4) is 0 Å². The molecule has 1 fully saturated rings. The zero-order valence-electron chi connectivity index (χ0n) is 14.7. The molecule has 0 aliphatic carbocycles. The van der Waals surface area contributed by atoms with E-state index < -0.39 is 0 Å². The lowest BCUT2D eigenvalue weighted by atomic mass is 10.1. The fourth-order valence-electron chi connectivity index (χ4n) is 2.94. The van der Waals surface area contributed by atoms with Gasteiger partial charge in [-0.15, -0.1) is 11.3 Å². The minimum atomic E-state index is -0.203. The number of nitrogens with zero attached hydrogens (tertiary/aromatic N) is 1. The number of amides is 3. The number of rotatable bonds is 7. The second kappa shape index (κ2) is 8.71. The summed E-state index contributed by atoms with van der Waals surface area (Å²) in [5, 5.41) is 7.67. The summed E-state index contributed by atoms with van der Waals surface area (Å²) in [6.07, 6.45) is 0.443. The van der Waals surface area contributed by atoms with Crippen molar-refractivity contribution in [1.82, 2.24) is 10.6 Å². The molecule has 0 bridgehead atoms. The third-order valence-electron chi connectivity index (χ3n) is 4.22. The summed E-state index contributed by atoms with van der Waals surface area (Å²) >= 11 is 1.61. The van der Waals surface area contributed by atoms with Gasteiger partial charge in [0.25, 0.3) is 0 Å². The molecule has 0 unspecified atom stereocenters. The van der Waals surface area contributed by atoms with E-state index in [1.165, 1.54) is 0 Å². The normalized spacial score (nSPS) is 16.6. The van der Waals surface area contributed by atoms with Crippen molar-refractivity contribution in [3.05, 3.63) is 46.7 Å². The molecule has 6 nitrogen and oxygen atoms in total. The van der Waals surface area contributed by atoms with Gasteiger partial charge in [0.05, 0.1) is 13.2 Å². The van der Waals surface area contributed by atoms with Gasteiger partial charge >= 0.3 is 6.03 Å². The minimum absolute atomic E-state index is 0.0833. The number of anilines is 1. The summed E-state index contributed by atoms with van der Waals surface area (Å²) in [5.74, 6) is 0.991. The number of hydrogen-bond donors (Lipinski definition) is 2. The first-order valence-electron chi connectivity index (χ1n) is 8.73. The summed E-state index contributed by atoms with van der Waals surface area (Å²) in [5.41, 5.74) is 0.864. The van der Waals surface area contributed by atoms with Gasteiger partial charge in [-0.05, 0) is 42.6 Å². The molecule has 0 spiro atoms. The standard InChI is InChI=1S/C19H23N3O3S/c1-2-25-16-7-5-15(6-8-16)22-13-14(10-18(22)23)11-20-19(24)21-12-17-4-3-9-26-17/h3-9,14H,2,10-13H2,1H3,(H2,20,21,24)/t14-/m0/s1. The maximum absolute atomic E-state index is 12.3. The fourth-order valence-corrected chi connectivity index (χ4v) is 3.58. The predicted molar refractivity (Wildman–Crippen MR) is 103 cm³/mol. The minimum Gasteiger partial charge on any atom is -0.494 e. The van der Waals surface area contributed by atoms with Crippen molar-refractivity contribution in [1.29, 1.82) is 0 Å². The average molecular weight is 373 g/mol. The Bertz CT molecular complexity index is 731. The predicted octanol–water partition coefficient (Wildman–Crippen LogP) is 3.00. The van der Waals surface area contributed by atoms with Gasteiger partial charge in [0, 0.05) is 36.0 Å². The smallest absolute Gasteiger partial charge is 0.315 e. The molecule has 1 aliphatic rings. The third kappa shape index (κ3) is 4.76. The molecule has 1 aromatic carbocycles. The maximum atomic E-state index is 12.3. The van der Waals surface area contributed by atoms with Crippen LogP contribution in [0.5, 0.6) is 5.75 Å². The Morgan fingerprint density at radius 1 is 1.27 bits per heavy atom. The molecule has 1 atom stereocenters. The van der Waals surface area contributed by atoms with Gasteiger partial charge in [0.2, 0.25) is 5.91 Å². The van der Waals surface area contributed by atoms with Crippen molar-refractivity contribution in [3.8, 4) is 5.75 Å². The summed E-state index contributed by atoms with van der Waals surface area (Å²) in [6, 6.07) is 11.3. The molecular weight excluding hydrogens is 350 g/mol. The number of benzene rings is 1. The van der Waals surface area contributed by atoms with Crippen LogP contribution < -0.4 is 20.3 Å². The Morgan fingerprint density at radius 3 is 2.77 bits per heavy atom. The second-order valence-electron chi connectivity index (χ2n) is 6.14. The van der Waals surface area contributed by atoms with Gasteiger partial charge in [-0.3, -0.25) is 4.79 Å². The Kier molecular flexibility index (Phi) is 6.12. The van der Waals surface area contributed by atoms with Crippen LogP contribution in [0.15, 0.2) is 41.8 Å². The number of thiophene rings is 1. The van der Waals surface area contributed by atoms with Crippen molar-refractivity contribution >= 4 is 29.0 Å². The number of nitrogens with one attached hydrogen (secondary N) is 2. The highest BCUT2D eigenvalue weighted by Crippen LogP contribution is 2.26. The van der Waals surface area contributed by atoms with Gasteiger partial charge in [-0.2, -0.15) is 0 Å². The van der Waals surface area contributed by atoms with Gasteiger partial charge in [-0.1, -0.05) is 6.07 Å². The molecule has 3 rings (SSSR count). The summed E-state index contributed by atoms with van der Waals surface area (Å²) in [7, 11) is 0. The van der Waals surface area contributed by atoms with Crippen LogP contribution in [-0.2, 0) is 11.3 Å². The lowest BCUT2D eigenvalue weighted by molar-refractivity contribution is -0.117. The van der Waals surface area contributed by atoms with Crippen LogP contribution in [0, 0.1) is 5.92 Å². The first kappa shape index (κ1) is 18.3. The van der Waals surface area contributed by atoms with E-state index >= 15 is 0 Å². The van der Waals surface area contributed by atoms with E-state index in [1.54, 1.807) is 16.2 Å². The largest absolute Gasteiger partial charge is 0.494 e. The van der Waals surface area contributed by atoms with Crippen molar-refractivity contribution in [2.24, 2.45) is 5.92 Å². The van der Waals surface area contributed by atoms with E-state index in [4.69, 9.17) is 4.74 Å². The number of carbonyl (C=O) groups is 2. The number of carbonyl (C=O) groups excluding carboxylic acids is 2. The van der Waals surface area contributed by atoms with Crippen molar-refractivity contribution in [3.63, 3.8) is 0 Å². The third-order valence-corrected chi connectivity index (χ3v) is 5.10. The number of urea groups is 1. The zero-order valence-corrected chi connectivity index (χ0v) is 15.6. The molecule has 0 saturated carbocycles. The number of ether oxygens (including phenoxy) is 1. The van der Waals surface area contributed by atoms with Crippen molar-refractivity contribution < 1.29 is 14.3 Å². The molecule has 2 N–H and O–H groups in total. The lowest BCUT2D eigenvalue weighted by Crippen LogP contribution is -2.38. The molecule has 7 heteroatoms. The molecule has 2 heterocycles. The average Bonchev–Trinajstić information content (AvgIpc) is 3.29. The summed E-state index contributed by atoms with van der Waals surface area (Å²) < 4.78 is 5.43. The highest BCUT2D eigenvalue weighted by molar-refractivity contribution is 7.09. The molecule has 0 radical (unpaired) electrons. The molecular formula is C19H23N3O3S. The van der Waals surface area contributed by atoms with E-state index in [1.807, 2.05) is 48.7 Å². The topological polar surface area (TPSA) is 70.7 Å². The van der Waals surface area contributed by atoms with Crippen LogP contribution >= 0.6 is 11.3 Å².